The lowest BCUT2D eigenvalue weighted by molar-refractivity contribution is -0.116. The molecule has 0 atom stereocenters. The molecule has 3 heteroatoms. The summed E-state index contributed by atoms with van der Waals surface area (Å²) in [6, 6.07) is 16.0. The van der Waals surface area contributed by atoms with Gasteiger partial charge in [-0.15, -0.1) is 0 Å². The fraction of sp³-hybridized carbons (Fsp3) is 0.250. The molecule has 0 aromatic heterocycles. The van der Waals surface area contributed by atoms with Crippen LogP contribution in [0.25, 0.3) is 6.08 Å². The summed E-state index contributed by atoms with van der Waals surface area (Å²) in [7, 11) is 0. The minimum atomic E-state index is -0.108. The first-order valence-electron chi connectivity index (χ1n) is 7.85. The summed E-state index contributed by atoms with van der Waals surface area (Å²) in [4.78, 5) is 11.8. The lowest BCUT2D eigenvalue weighted by Crippen LogP contribution is -2.23. The van der Waals surface area contributed by atoms with Crippen molar-refractivity contribution in [1.82, 2.24) is 5.32 Å². The zero-order valence-corrected chi connectivity index (χ0v) is 14.3. The Morgan fingerprint density at radius 1 is 1.13 bits per heavy atom. The summed E-state index contributed by atoms with van der Waals surface area (Å²) < 4.78 is 0. The van der Waals surface area contributed by atoms with E-state index in [-0.39, 0.29) is 5.91 Å². The highest BCUT2D eigenvalue weighted by molar-refractivity contribution is 6.32. The standard InChI is InChI=1S/C20H22ClNO/c1-15(2)17-9-7-16(8-10-17)13-14-22-20(23)12-11-18-5-3-4-6-19(18)21/h3-12,15H,13-14H2,1-2H3,(H,22,23)/b12-11+. The molecule has 0 aliphatic carbocycles. The van der Waals surface area contributed by atoms with Gasteiger partial charge >= 0.3 is 0 Å². The minimum Gasteiger partial charge on any atom is -0.352 e. The van der Waals surface area contributed by atoms with Gasteiger partial charge in [0.1, 0.15) is 0 Å². The lowest BCUT2D eigenvalue weighted by Gasteiger charge is -2.07. The van der Waals surface area contributed by atoms with Crippen LogP contribution in [0, 0.1) is 0 Å². The zero-order chi connectivity index (χ0) is 16.7. The fourth-order valence-electron chi connectivity index (χ4n) is 2.23. The fourth-order valence-corrected chi connectivity index (χ4v) is 2.43. The number of rotatable bonds is 6. The molecule has 23 heavy (non-hydrogen) atoms. The molecule has 2 nitrogen and oxygen atoms in total. The predicted octanol–water partition coefficient (Wildman–Crippen LogP) is 4.84. The molecule has 0 fully saturated rings. The number of hydrogen-bond acceptors (Lipinski definition) is 1. The summed E-state index contributed by atoms with van der Waals surface area (Å²) in [6.07, 6.45) is 4.07. The van der Waals surface area contributed by atoms with E-state index >= 15 is 0 Å². The van der Waals surface area contributed by atoms with Crippen LogP contribution in [0.3, 0.4) is 0 Å². The van der Waals surface area contributed by atoms with Crippen LogP contribution in [-0.2, 0) is 11.2 Å². The van der Waals surface area contributed by atoms with Gasteiger partial charge in [0.25, 0.3) is 0 Å². The molecule has 2 rings (SSSR count). The van der Waals surface area contributed by atoms with Gasteiger partial charge in [-0.25, -0.2) is 0 Å². The maximum Gasteiger partial charge on any atom is 0.244 e. The molecule has 0 spiro atoms. The van der Waals surface area contributed by atoms with Crippen LogP contribution in [0.15, 0.2) is 54.6 Å². The molecular weight excluding hydrogens is 306 g/mol. The van der Waals surface area contributed by atoms with Crippen LogP contribution in [0.1, 0.15) is 36.5 Å². The van der Waals surface area contributed by atoms with Crippen LogP contribution in [0.2, 0.25) is 5.02 Å². The monoisotopic (exact) mass is 327 g/mol. The van der Waals surface area contributed by atoms with Gasteiger partial charge in [0.15, 0.2) is 0 Å². The van der Waals surface area contributed by atoms with Crippen molar-refractivity contribution >= 4 is 23.6 Å². The highest BCUT2D eigenvalue weighted by atomic mass is 35.5. The van der Waals surface area contributed by atoms with E-state index in [1.807, 2.05) is 18.2 Å². The van der Waals surface area contributed by atoms with E-state index in [1.165, 1.54) is 17.2 Å². The van der Waals surface area contributed by atoms with Gasteiger partial charge in [0.05, 0.1) is 0 Å². The molecule has 1 N–H and O–H groups in total. The molecule has 0 unspecified atom stereocenters. The zero-order valence-electron chi connectivity index (χ0n) is 13.6. The van der Waals surface area contributed by atoms with Crippen molar-refractivity contribution in [1.29, 1.82) is 0 Å². The van der Waals surface area contributed by atoms with Gasteiger partial charge in [0.2, 0.25) is 5.91 Å². The largest absolute Gasteiger partial charge is 0.352 e. The van der Waals surface area contributed by atoms with Crippen molar-refractivity contribution in [3.05, 3.63) is 76.3 Å². The smallest absolute Gasteiger partial charge is 0.244 e. The molecule has 2 aromatic rings. The first kappa shape index (κ1) is 17.3. The third kappa shape index (κ3) is 5.57. The van der Waals surface area contributed by atoms with Crippen molar-refractivity contribution in [2.75, 3.05) is 6.54 Å². The van der Waals surface area contributed by atoms with Crippen molar-refractivity contribution in [3.63, 3.8) is 0 Å². The normalized spacial score (nSPS) is 11.1. The van der Waals surface area contributed by atoms with Crippen molar-refractivity contribution in [2.24, 2.45) is 0 Å². The SMILES string of the molecule is CC(C)c1ccc(CCNC(=O)/C=C/c2ccccc2Cl)cc1. The number of carbonyl (C=O) groups is 1. The third-order valence-electron chi connectivity index (χ3n) is 3.68. The Morgan fingerprint density at radius 3 is 2.48 bits per heavy atom. The quantitative estimate of drug-likeness (QED) is 0.756. The molecule has 0 aliphatic heterocycles. The Balaban J connectivity index is 1.79. The van der Waals surface area contributed by atoms with E-state index in [1.54, 1.807) is 12.1 Å². The van der Waals surface area contributed by atoms with Gasteiger partial charge in [-0.1, -0.05) is 67.9 Å². The van der Waals surface area contributed by atoms with E-state index in [4.69, 9.17) is 11.6 Å². The molecule has 0 radical (unpaired) electrons. The Morgan fingerprint density at radius 2 is 1.83 bits per heavy atom. The molecule has 0 heterocycles. The van der Waals surface area contributed by atoms with Crippen LogP contribution in [0.4, 0.5) is 0 Å². The van der Waals surface area contributed by atoms with E-state index < -0.39 is 0 Å². The molecule has 2 aromatic carbocycles. The maximum atomic E-state index is 11.8. The average molecular weight is 328 g/mol. The highest BCUT2D eigenvalue weighted by Crippen LogP contribution is 2.16. The molecule has 0 saturated carbocycles. The van der Waals surface area contributed by atoms with Crippen LogP contribution < -0.4 is 5.32 Å². The topological polar surface area (TPSA) is 29.1 Å². The van der Waals surface area contributed by atoms with E-state index in [9.17, 15) is 4.79 Å². The third-order valence-corrected chi connectivity index (χ3v) is 4.02. The number of nitrogens with one attached hydrogen (secondary N) is 1. The van der Waals surface area contributed by atoms with Crippen LogP contribution in [-0.4, -0.2) is 12.5 Å². The van der Waals surface area contributed by atoms with E-state index in [0.717, 1.165) is 12.0 Å². The number of hydrogen-bond donors (Lipinski definition) is 1. The van der Waals surface area contributed by atoms with Gasteiger partial charge < -0.3 is 5.32 Å². The van der Waals surface area contributed by atoms with E-state index in [2.05, 4.69) is 43.4 Å². The summed E-state index contributed by atoms with van der Waals surface area (Å²) in [6.45, 7) is 4.98. The molecular formula is C20H22ClNO. The summed E-state index contributed by atoms with van der Waals surface area (Å²) >= 11 is 6.04. The van der Waals surface area contributed by atoms with Crippen molar-refractivity contribution in [2.45, 2.75) is 26.2 Å². The minimum absolute atomic E-state index is 0.108. The van der Waals surface area contributed by atoms with Crippen LogP contribution in [0.5, 0.6) is 0 Å². The number of amides is 1. The summed E-state index contributed by atoms with van der Waals surface area (Å²) in [5, 5.41) is 3.53. The Hall–Kier alpha value is -2.06. The van der Waals surface area contributed by atoms with Crippen molar-refractivity contribution < 1.29 is 4.79 Å². The van der Waals surface area contributed by atoms with E-state index in [0.29, 0.717) is 17.5 Å². The van der Waals surface area contributed by atoms with Gasteiger partial charge in [0, 0.05) is 17.6 Å². The number of halogens is 1. The van der Waals surface area contributed by atoms with Gasteiger partial charge in [-0.05, 0) is 41.2 Å². The van der Waals surface area contributed by atoms with Crippen LogP contribution >= 0.6 is 11.6 Å². The second kappa shape index (κ2) is 8.54. The molecule has 0 saturated heterocycles. The lowest BCUT2D eigenvalue weighted by atomic mass is 10.0. The molecule has 0 aliphatic rings. The molecule has 1 amide bonds. The average Bonchev–Trinajstić information content (AvgIpc) is 2.54. The first-order valence-corrected chi connectivity index (χ1v) is 8.23. The maximum absolute atomic E-state index is 11.8. The second-order valence-corrected chi connectivity index (χ2v) is 6.20. The summed E-state index contributed by atoms with van der Waals surface area (Å²) in [5.41, 5.74) is 3.40. The highest BCUT2D eigenvalue weighted by Gasteiger charge is 2.00. The van der Waals surface area contributed by atoms with Crippen molar-refractivity contribution in [3.8, 4) is 0 Å². The predicted molar refractivity (Wildman–Crippen MR) is 97.7 cm³/mol. The second-order valence-electron chi connectivity index (χ2n) is 5.79. The molecule has 0 bridgehead atoms. The van der Waals surface area contributed by atoms with Gasteiger partial charge in [-0.2, -0.15) is 0 Å². The number of benzene rings is 2. The molecule has 120 valence electrons. The number of carbonyl (C=O) groups excluding carboxylic acids is 1. The summed E-state index contributed by atoms with van der Waals surface area (Å²) in [5.74, 6) is 0.433. The van der Waals surface area contributed by atoms with Gasteiger partial charge in [-0.3, -0.25) is 4.79 Å². The Bertz CT molecular complexity index is 674. The first-order chi connectivity index (χ1) is 11.1. The Kier molecular flexibility index (Phi) is 6.42. The Labute approximate surface area is 143 Å².